The van der Waals surface area contributed by atoms with Crippen molar-refractivity contribution in [2.24, 2.45) is 11.7 Å². The van der Waals surface area contributed by atoms with Gasteiger partial charge in [0.05, 0.1) is 6.10 Å². The molecular weight excluding hydrogens is 198 g/mol. The Kier molecular flexibility index (Phi) is 3.93. The summed E-state index contributed by atoms with van der Waals surface area (Å²) >= 11 is 5.96. The number of hydrogen-bond acceptors (Lipinski definition) is 2. The van der Waals surface area contributed by atoms with Gasteiger partial charge in [0.25, 0.3) is 0 Å². The molecule has 14 heavy (non-hydrogen) atoms. The standard InChI is InChI=1S/C11H16ClNO/c1-7-3-4-9(5-10(7)12)11(14)8(2)6-13/h3-5,8,11,14H,6,13H2,1-2H3. The summed E-state index contributed by atoms with van der Waals surface area (Å²) in [4.78, 5) is 0. The van der Waals surface area contributed by atoms with Gasteiger partial charge in [-0.3, -0.25) is 0 Å². The van der Waals surface area contributed by atoms with E-state index < -0.39 is 6.10 Å². The molecule has 0 amide bonds. The lowest BCUT2D eigenvalue weighted by Gasteiger charge is -2.17. The SMILES string of the molecule is Cc1ccc(C(O)C(C)CN)cc1Cl. The summed E-state index contributed by atoms with van der Waals surface area (Å²) < 4.78 is 0. The third kappa shape index (κ3) is 2.47. The molecule has 1 aromatic carbocycles. The highest BCUT2D eigenvalue weighted by atomic mass is 35.5. The van der Waals surface area contributed by atoms with E-state index in [9.17, 15) is 5.11 Å². The molecule has 0 aliphatic heterocycles. The van der Waals surface area contributed by atoms with Crippen LogP contribution in [0.15, 0.2) is 18.2 Å². The Hall–Kier alpha value is -0.570. The molecule has 0 bridgehead atoms. The lowest BCUT2D eigenvalue weighted by molar-refractivity contribution is 0.122. The third-order valence-electron chi connectivity index (χ3n) is 2.45. The van der Waals surface area contributed by atoms with Crippen LogP contribution in [0.1, 0.15) is 24.2 Å². The maximum atomic E-state index is 9.87. The summed E-state index contributed by atoms with van der Waals surface area (Å²) in [5, 5.41) is 10.6. The molecule has 1 rings (SSSR count). The van der Waals surface area contributed by atoms with E-state index in [2.05, 4.69) is 0 Å². The minimum Gasteiger partial charge on any atom is -0.388 e. The molecular formula is C11H16ClNO. The van der Waals surface area contributed by atoms with Crippen molar-refractivity contribution in [2.75, 3.05) is 6.54 Å². The van der Waals surface area contributed by atoms with Gasteiger partial charge in [0.15, 0.2) is 0 Å². The van der Waals surface area contributed by atoms with E-state index in [1.165, 1.54) is 0 Å². The molecule has 0 radical (unpaired) electrons. The Morgan fingerprint density at radius 3 is 2.64 bits per heavy atom. The second-order valence-electron chi connectivity index (χ2n) is 3.67. The van der Waals surface area contributed by atoms with Gasteiger partial charge in [-0.15, -0.1) is 0 Å². The molecule has 3 N–H and O–H groups in total. The Morgan fingerprint density at radius 2 is 2.14 bits per heavy atom. The molecule has 2 nitrogen and oxygen atoms in total. The monoisotopic (exact) mass is 213 g/mol. The first kappa shape index (κ1) is 11.5. The minimum absolute atomic E-state index is 0.0498. The van der Waals surface area contributed by atoms with Gasteiger partial charge in [-0.25, -0.2) is 0 Å². The number of aryl methyl sites for hydroxylation is 1. The summed E-state index contributed by atoms with van der Waals surface area (Å²) in [6, 6.07) is 5.59. The van der Waals surface area contributed by atoms with Crippen LogP contribution in [-0.2, 0) is 0 Å². The molecule has 2 unspecified atom stereocenters. The smallest absolute Gasteiger partial charge is 0.0828 e. The molecule has 0 aliphatic carbocycles. The van der Waals surface area contributed by atoms with E-state index >= 15 is 0 Å². The zero-order valence-electron chi connectivity index (χ0n) is 8.50. The molecule has 0 fully saturated rings. The van der Waals surface area contributed by atoms with Crippen molar-refractivity contribution in [3.63, 3.8) is 0 Å². The maximum Gasteiger partial charge on any atom is 0.0828 e. The molecule has 2 atom stereocenters. The number of halogens is 1. The largest absolute Gasteiger partial charge is 0.388 e. The summed E-state index contributed by atoms with van der Waals surface area (Å²) in [6.07, 6.45) is -0.530. The van der Waals surface area contributed by atoms with E-state index in [1.807, 2.05) is 26.0 Å². The highest BCUT2D eigenvalue weighted by Crippen LogP contribution is 2.25. The number of aliphatic hydroxyl groups excluding tert-OH is 1. The van der Waals surface area contributed by atoms with E-state index in [4.69, 9.17) is 17.3 Å². The van der Waals surface area contributed by atoms with Crippen LogP contribution in [0.3, 0.4) is 0 Å². The fourth-order valence-electron chi connectivity index (χ4n) is 1.25. The van der Waals surface area contributed by atoms with Crippen molar-refractivity contribution in [1.29, 1.82) is 0 Å². The fraction of sp³-hybridized carbons (Fsp3) is 0.455. The van der Waals surface area contributed by atoms with Crippen molar-refractivity contribution in [2.45, 2.75) is 20.0 Å². The van der Waals surface area contributed by atoms with Crippen molar-refractivity contribution < 1.29 is 5.11 Å². The number of aliphatic hydroxyl groups is 1. The van der Waals surface area contributed by atoms with Crippen LogP contribution < -0.4 is 5.73 Å². The van der Waals surface area contributed by atoms with Crippen LogP contribution in [0, 0.1) is 12.8 Å². The van der Waals surface area contributed by atoms with Crippen molar-refractivity contribution in [3.8, 4) is 0 Å². The molecule has 0 saturated heterocycles. The molecule has 0 aliphatic rings. The first-order valence-corrected chi connectivity index (χ1v) is 5.08. The molecule has 78 valence electrons. The summed E-state index contributed by atoms with van der Waals surface area (Å²) in [7, 11) is 0. The normalized spacial score (nSPS) is 15.2. The molecule has 0 saturated carbocycles. The van der Waals surface area contributed by atoms with Crippen molar-refractivity contribution in [3.05, 3.63) is 34.3 Å². The fourth-order valence-corrected chi connectivity index (χ4v) is 1.44. The predicted octanol–water partition coefficient (Wildman–Crippen LogP) is 2.28. The van der Waals surface area contributed by atoms with Gasteiger partial charge < -0.3 is 10.8 Å². The van der Waals surface area contributed by atoms with E-state index in [0.717, 1.165) is 11.1 Å². The highest BCUT2D eigenvalue weighted by molar-refractivity contribution is 6.31. The van der Waals surface area contributed by atoms with E-state index in [-0.39, 0.29) is 5.92 Å². The topological polar surface area (TPSA) is 46.2 Å². The minimum atomic E-state index is -0.530. The third-order valence-corrected chi connectivity index (χ3v) is 2.86. The highest BCUT2D eigenvalue weighted by Gasteiger charge is 2.15. The van der Waals surface area contributed by atoms with Crippen LogP contribution >= 0.6 is 11.6 Å². The van der Waals surface area contributed by atoms with E-state index in [0.29, 0.717) is 11.6 Å². The second kappa shape index (κ2) is 4.78. The average molecular weight is 214 g/mol. The Bertz CT molecular complexity index is 314. The van der Waals surface area contributed by atoms with Gasteiger partial charge in [0.1, 0.15) is 0 Å². The second-order valence-corrected chi connectivity index (χ2v) is 4.07. The van der Waals surface area contributed by atoms with Gasteiger partial charge in [0, 0.05) is 5.02 Å². The van der Waals surface area contributed by atoms with Crippen LogP contribution in [0.2, 0.25) is 5.02 Å². The number of hydrogen-bond donors (Lipinski definition) is 2. The predicted molar refractivity (Wildman–Crippen MR) is 59.4 cm³/mol. The van der Waals surface area contributed by atoms with Gasteiger partial charge in [-0.2, -0.15) is 0 Å². The average Bonchev–Trinajstić information content (AvgIpc) is 2.20. The number of benzene rings is 1. The Morgan fingerprint density at radius 1 is 1.50 bits per heavy atom. The summed E-state index contributed by atoms with van der Waals surface area (Å²) in [5.74, 6) is 0.0498. The number of nitrogens with two attached hydrogens (primary N) is 1. The maximum absolute atomic E-state index is 9.87. The lowest BCUT2D eigenvalue weighted by atomic mass is 9.97. The van der Waals surface area contributed by atoms with Gasteiger partial charge >= 0.3 is 0 Å². The van der Waals surface area contributed by atoms with Crippen molar-refractivity contribution in [1.82, 2.24) is 0 Å². The van der Waals surface area contributed by atoms with Crippen LogP contribution in [0.25, 0.3) is 0 Å². The molecule has 0 aromatic heterocycles. The van der Waals surface area contributed by atoms with Gasteiger partial charge in [-0.1, -0.05) is 30.7 Å². The molecule has 3 heteroatoms. The van der Waals surface area contributed by atoms with Gasteiger partial charge in [0.2, 0.25) is 0 Å². The molecule has 1 aromatic rings. The molecule has 0 spiro atoms. The van der Waals surface area contributed by atoms with Gasteiger partial charge in [-0.05, 0) is 36.6 Å². The summed E-state index contributed by atoms with van der Waals surface area (Å²) in [6.45, 7) is 4.32. The molecule has 0 heterocycles. The first-order valence-electron chi connectivity index (χ1n) is 4.70. The quantitative estimate of drug-likeness (QED) is 0.809. The lowest BCUT2D eigenvalue weighted by Crippen LogP contribution is -2.18. The first-order chi connectivity index (χ1) is 6.56. The van der Waals surface area contributed by atoms with Crippen LogP contribution in [0.5, 0.6) is 0 Å². The van der Waals surface area contributed by atoms with Crippen LogP contribution in [0.4, 0.5) is 0 Å². The summed E-state index contributed by atoms with van der Waals surface area (Å²) in [5.41, 5.74) is 7.33. The number of rotatable bonds is 3. The van der Waals surface area contributed by atoms with Crippen molar-refractivity contribution >= 4 is 11.6 Å². The zero-order valence-corrected chi connectivity index (χ0v) is 9.25. The van der Waals surface area contributed by atoms with E-state index in [1.54, 1.807) is 6.07 Å². The Balaban J connectivity index is 2.91. The Labute approximate surface area is 89.7 Å². The zero-order chi connectivity index (χ0) is 10.7. The van der Waals surface area contributed by atoms with Crippen LogP contribution in [-0.4, -0.2) is 11.7 Å².